The SMILES string of the molecule is O=C(Cn1nc2c(N3CCSCC3)nccn2c1=O)Nc1ccccc1F. The van der Waals surface area contributed by atoms with Crippen LogP contribution in [0.1, 0.15) is 0 Å². The number of nitrogens with one attached hydrogen (secondary N) is 1. The summed E-state index contributed by atoms with van der Waals surface area (Å²) in [4.78, 5) is 31.3. The van der Waals surface area contributed by atoms with Gasteiger partial charge in [-0.05, 0) is 12.1 Å². The highest BCUT2D eigenvalue weighted by molar-refractivity contribution is 7.99. The van der Waals surface area contributed by atoms with Gasteiger partial charge in [0.2, 0.25) is 11.6 Å². The second kappa shape index (κ2) is 7.39. The Kier molecular flexibility index (Phi) is 4.80. The fourth-order valence-corrected chi connectivity index (χ4v) is 3.83. The van der Waals surface area contributed by atoms with Crippen molar-refractivity contribution in [2.45, 2.75) is 6.54 Å². The van der Waals surface area contributed by atoms with Crippen LogP contribution < -0.4 is 15.9 Å². The van der Waals surface area contributed by atoms with E-state index in [9.17, 15) is 14.0 Å². The molecule has 8 nitrogen and oxygen atoms in total. The maximum atomic E-state index is 13.7. The van der Waals surface area contributed by atoms with E-state index in [0.717, 1.165) is 29.3 Å². The molecule has 0 aliphatic carbocycles. The van der Waals surface area contributed by atoms with Gasteiger partial charge < -0.3 is 10.2 Å². The van der Waals surface area contributed by atoms with Gasteiger partial charge >= 0.3 is 5.69 Å². The highest BCUT2D eigenvalue weighted by Gasteiger charge is 2.20. The number of benzene rings is 1. The molecule has 1 N–H and O–H groups in total. The van der Waals surface area contributed by atoms with Gasteiger partial charge in [-0.3, -0.25) is 4.79 Å². The van der Waals surface area contributed by atoms with Crippen LogP contribution in [0, 0.1) is 5.82 Å². The minimum atomic E-state index is -0.539. The maximum Gasteiger partial charge on any atom is 0.350 e. The van der Waals surface area contributed by atoms with E-state index in [0.29, 0.717) is 11.5 Å². The Morgan fingerprint density at radius 2 is 2.04 bits per heavy atom. The van der Waals surface area contributed by atoms with Crippen LogP contribution in [-0.2, 0) is 11.3 Å². The summed E-state index contributed by atoms with van der Waals surface area (Å²) in [6, 6.07) is 5.85. The second-order valence-electron chi connectivity index (χ2n) is 6.01. The molecule has 1 aliphatic heterocycles. The van der Waals surface area contributed by atoms with Gasteiger partial charge in [-0.15, -0.1) is 5.10 Å². The molecule has 27 heavy (non-hydrogen) atoms. The van der Waals surface area contributed by atoms with Gasteiger partial charge in [-0.25, -0.2) is 23.3 Å². The predicted molar refractivity (Wildman–Crippen MR) is 102 cm³/mol. The van der Waals surface area contributed by atoms with E-state index in [1.807, 2.05) is 11.8 Å². The topological polar surface area (TPSA) is 84.5 Å². The van der Waals surface area contributed by atoms with E-state index in [1.165, 1.54) is 28.8 Å². The molecule has 3 aromatic rings. The van der Waals surface area contributed by atoms with Crippen LogP contribution in [0.15, 0.2) is 41.5 Å². The third-order valence-electron chi connectivity index (χ3n) is 4.24. The van der Waals surface area contributed by atoms with Crippen LogP contribution in [0.5, 0.6) is 0 Å². The Morgan fingerprint density at radius 1 is 1.26 bits per heavy atom. The summed E-state index contributed by atoms with van der Waals surface area (Å²) >= 11 is 1.87. The molecule has 0 unspecified atom stereocenters. The lowest BCUT2D eigenvalue weighted by atomic mass is 10.3. The predicted octanol–water partition coefficient (Wildman–Crippen LogP) is 1.22. The molecule has 0 radical (unpaired) electrons. The van der Waals surface area contributed by atoms with Crippen molar-refractivity contribution >= 4 is 34.8 Å². The van der Waals surface area contributed by atoms with Crippen molar-refractivity contribution in [2.24, 2.45) is 0 Å². The molecule has 0 spiro atoms. The van der Waals surface area contributed by atoms with Gasteiger partial charge in [0.15, 0.2) is 5.82 Å². The minimum absolute atomic E-state index is 0.0625. The number of carbonyl (C=O) groups is 1. The molecule has 3 heterocycles. The van der Waals surface area contributed by atoms with Crippen molar-refractivity contribution in [1.82, 2.24) is 19.2 Å². The first-order valence-electron chi connectivity index (χ1n) is 8.45. The fourth-order valence-electron chi connectivity index (χ4n) is 2.92. The molecule has 0 atom stereocenters. The van der Waals surface area contributed by atoms with Crippen LogP contribution in [-0.4, -0.2) is 49.7 Å². The van der Waals surface area contributed by atoms with Gasteiger partial charge in [-0.2, -0.15) is 11.8 Å². The fraction of sp³-hybridized carbons (Fsp3) is 0.294. The number of para-hydroxylation sites is 1. The molecule has 140 valence electrons. The number of carbonyl (C=O) groups excluding carboxylic acids is 1. The van der Waals surface area contributed by atoms with Crippen LogP contribution in [0.2, 0.25) is 0 Å². The van der Waals surface area contributed by atoms with Crippen molar-refractivity contribution in [3.8, 4) is 0 Å². The van der Waals surface area contributed by atoms with Crippen LogP contribution in [0.4, 0.5) is 15.9 Å². The highest BCUT2D eigenvalue weighted by Crippen LogP contribution is 2.20. The normalized spacial score (nSPS) is 14.5. The molecule has 1 amide bonds. The number of nitrogens with zero attached hydrogens (tertiary/aromatic N) is 5. The Morgan fingerprint density at radius 3 is 2.81 bits per heavy atom. The number of anilines is 2. The number of rotatable bonds is 4. The van der Waals surface area contributed by atoms with Crippen LogP contribution in [0.25, 0.3) is 5.65 Å². The molecular formula is C17H17FN6O2S. The number of hydrogen-bond donors (Lipinski definition) is 1. The zero-order valence-corrected chi connectivity index (χ0v) is 15.2. The molecule has 2 aromatic heterocycles. The standard InChI is InChI=1S/C17H17FN6O2S/c18-12-3-1-2-4-13(12)20-14(25)11-24-17(26)23-6-5-19-15(16(23)21-24)22-7-9-27-10-8-22/h1-6H,7-11H2,(H,20,25). The maximum absolute atomic E-state index is 13.7. The lowest BCUT2D eigenvalue weighted by molar-refractivity contribution is -0.117. The first-order chi connectivity index (χ1) is 13.1. The van der Waals surface area contributed by atoms with Crippen LogP contribution in [0.3, 0.4) is 0 Å². The quantitative estimate of drug-likeness (QED) is 0.724. The Balaban J connectivity index is 1.61. The third-order valence-corrected chi connectivity index (χ3v) is 5.18. The number of thioether (sulfide) groups is 1. The summed E-state index contributed by atoms with van der Waals surface area (Å²) in [5.74, 6) is 1.53. The van der Waals surface area contributed by atoms with E-state index < -0.39 is 17.4 Å². The molecule has 10 heteroatoms. The Labute approximate surface area is 158 Å². The van der Waals surface area contributed by atoms with Gasteiger partial charge in [0.05, 0.1) is 5.69 Å². The van der Waals surface area contributed by atoms with Crippen molar-refractivity contribution in [2.75, 3.05) is 34.8 Å². The molecule has 1 saturated heterocycles. The molecule has 0 saturated carbocycles. The number of halogens is 1. The van der Waals surface area contributed by atoms with E-state index in [1.54, 1.807) is 12.3 Å². The number of hydrogen-bond acceptors (Lipinski definition) is 6. The van der Waals surface area contributed by atoms with Crippen LogP contribution >= 0.6 is 11.8 Å². The summed E-state index contributed by atoms with van der Waals surface area (Å²) < 4.78 is 16.1. The van der Waals surface area contributed by atoms with Gasteiger partial charge in [0, 0.05) is 37.0 Å². The van der Waals surface area contributed by atoms with Crippen molar-refractivity contribution in [3.05, 3.63) is 53.0 Å². The number of fused-ring (bicyclic) bond motifs is 1. The molecule has 0 bridgehead atoms. The summed E-state index contributed by atoms with van der Waals surface area (Å²) in [6.45, 7) is 1.34. The van der Waals surface area contributed by atoms with E-state index >= 15 is 0 Å². The molecule has 1 fully saturated rings. The van der Waals surface area contributed by atoms with Crippen molar-refractivity contribution < 1.29 is 9.18 Å². The van der Waals surface area contributed by atoms with E-state index in [-0.39, 0.29) is 12.2 Å². The first-order valence-corrected chi connectivity index (χ1v) is 9.60. The van der Waals surface area contributed by atoms with E-state index in [4.69, 9.17) is 0 Å². The van der Waals surface area contributed by atoms with Gasteiger partial charge in [0.25, 0.3) is 0 Å². The third kappa shape index (κ3) is 3.52. The molecule has 1 aromatic carbocycles. The second-order valence-corrected chi connectivity index (χ2v) is 7.24. The van der Waals surface area contributed by atoms with Crippen molar-refractivity contribution in [1.29, 1.82) is 0 Å². The zero-order chi connectivity index (χ0) is 18.8. The van der Waals surface area contributed by atoms with E-state index in [2.05, 4.69) is 20.3 Å². The summed E-state index contributed by atoms with van der Waals surface area (Å²) in [7, 11) is 0. The average Bonchev–Trinajstić information content (AvgIpc) is 3.00. The van der Waals surface area contributed by atoms with Gasteiger partial charge in [-0.1, -0.05) is 12.1 Å². The molecule has 1 aliphatic rings. The molecule has 4 rings (SSSR count). The average molecular weight is 388 g/mol. The summed E-state index contributed by atoms with van der Waals surface area (Å²) in [5, 5.41) is 6.75. The van der Waals surface area contributed by atoms with Crippen molar-refractivity contribution in [3.63, 3.8) is 0 Å². The smallest absolute Gasteiger partial charge is 0.350 e. The Bertz CT molecular complexity index is 1040. The monoisotopic (exact) mass is 388 g/mol. The number of amides is 1. The summed E-state index contributed by atoms with van der Waals surface area (Å²) in [5.41, 5.74) is 0.0318. The molecular weight excluding hydrogens is 371 g/mol. The lowest BCUT2D eigenvalue weighted by Crippen LogP contribution is -2.33. The largest absolute Gasteiger partial charge is 0.352 e. The van der Waals surface area contributed by atoms with Gasteiger partial charge in [0.1, 0.15) is 12.4 Å². The lowest BCUT2D eigenvalue weighted by Gasteiger charge is -2.27. The minimum Gasteiger partial charge on any atom is -0.352 e. The number of aromatic nitrogens is 4. The zero-order valence-electron chi connectivity index (χ0n) is 14.3. The Hall–Kier alpha value is -2.88. The highest BCUT2D eigenvalue weighted by atomic mass is 32.2. The first kappa shape index (κ1) is 17.5. The summed E-state index contributed by atoms with van der Waals surface area (Å²) in [6.07, 6.45) is 3.08.